The molecule has 0 radical (unpaired) electrons. The quantitative estimate of drug-likeness (QED) is 0.633. The van der Waals surface area contributed by atoms with E-state index in [1.54, 1.807) is 11.0 Å². The van der Waals surface area contributed by atoms with Crippen LogP contribution in [0.4, 0.5) is 5.95 Å². The Morgan fingerprint density at radius 3 is 2.61 bits per heavy atom. The normalized spacial score (nSPS) is 18.5. The third-order valence-electron chi connectivity index (χ3n) is 5.51. The van der Waals surface area contributed by atoms with E-state index in [4.69, 9.17) is 0 Å². The third-order valence-corrected chi connectivity index (χ3v) is 6.40. The number of piperidine rings is 1. The van der Waals surface area contributed by atoms with E-state index in [9.17, 15) is 14.9 Å². The van der Waals surface area contributed by atoms with Crippen LogP contribution >= 0.6 is 11.8 Å². The van der Waals surface area contributed by atoms with Crippen LogP contribution in [-0.4, -0.2) is 65.3 Å². The molecule has 0 atom stereocenters. The van der Waals surface area contributed by atoms with Crippen molar-refractivity contribution in [3.05, 3.63) is 34.1 Å². The van der Waals surface area contributed by atoms with Crippen LogP contribution in [-0.2, 0) is 9.59 Å². The number of likely N-dealkylation sites (N-methyl/N-ethyl adjacent to an activating group) is 1. The Bertz CT molecular complexity index is 1010. The van der Waals surface area contributed by atoms with E-state index in [0.717, 1.165) is 5.70 Å². The van der Waals surface area contributed by atoms with Gasteiger partial charge >= 0.3 is 0 Å². The lowest BCUT2D eigenvalue weighted by atomic mass is 9.93. The zero-order chi connectivity index (χ0) is 24.2. The van der Waals surface area contributed by atoms with Crippen molar-refractivity contribution in [1.29, 1.82) is 5.26 Å². The lowest BCUT2D eigenvalue weighted by Gasteiger charge is -2.32. The number of anilines is 1. The molecule has 2 amide bonds. The molecule has 1 saturated heterocycles. The Morgan fingerprint density at radius 1 is 1.33 bits per heavy atom. The van der Waals surface area contributed by atoms with E-state index in [-0.39, 0.29) is 29.1 Å². The van der Waals surface area contributed by atoms with Gasteiger partial charge in [0.25, 0.3) is 0 Å². The summed E-state index contributed by atoms with van der Waals surface area (Å²) in [6, 6.07) is 3.88. The lowest BCUT2D eigenvalue weighted by Crippen LogP contribution is -2.44. The molecular weight excluding hydrogens is 438 g/mol. The molecule has 0 unspecified atom stereocenters. The summed E-state index contributed by atoms with van der Waals surface area (Å²) in [5, 5.41) is 18.6. The summed E-state index contributed by atoms with van der Waals surface area (Å²) >= 11 is 1.45. The van der Waals surface area contributed by atoms with Crippen LogP contribution in [0.15, 0.2) is 28.4 Å². The first kappa shape index (κ1) is 24.7. The molecule has 2 aliphatic heterocycles. The molecule has 2 N–H and O–H groups in total. The van der Waals surface area contributed by atoms with Gasteiger partial charge in [-0.25, -0.2) is 9.97 Å². The van der Waals surface area contributed by atoms with Crippen molar-refractivity contribution in [3.8, 4) is 6.07 Å². The second kappa shape index (κ2) is 10.4. The summed E-state index contributed by atoms with van der Waals surface area (Å²) in [4.78, 5) is 37.2. The van der Waals surface area contributed by atoms with Gasteiger partial charge in [-0.05, 0) is 38.4 Å². The van der Waals surface area contributed by atoms with Gasteiger partial charge in [0.1, 0.15) is 11.6 Å². The fourth-order valence-electron chi connectivity index (χ4n) is 3.54. The molecule has 176 valence electrons. The number of nitriles is 1. The average Bonchev–Trinajstić information content (AvgIpc) is 3.25. The van der Waals surface area contributed by atoms with Gasteiger partial charge in [-0.15, -0.1) is 0 Å². The maximum Gasteiger partial charge on any atom is 0.236 e. The molecule has 1 aromatic rings. The summed E-state index contributed by atoms with van der Waals surface area (Å²) in [5.41, 5.74) is 1.83. The van der Waals surface area contributed by atoms with Crippen LogP contribution in [0.5, 0.6) is 0 Å². The summed E-state index contributed by atoms with van der Waals surface area (Å²) in [7, 11) is 3.72. The molecule has 3 rings (SSSR count). The highest BCUT2D eigenvalue weighted by Crippen LogP contribution is 2.37. The molecule has 0 spiro atoms. The van der Waals surface area contributed by atoms with E-state index in [2.05, 4.69) is 47.4 Å². The number of aromatic nitrogens is 2. The molecule has 2 aliphatic rings. The zero-order valence-electron chi connectivity index (χ0n) is 19.8. The fraction of sp³-hybridized carbons (Fsp3) is 0.522. The van der Waals surface area contributed by atoms with Crippen LogP contribution in [0.1, 0.15) is 39.3 Å². The first-order valence-corrected chi connectivity index (χ1v) is 11.8. The topological polar surface area (TPSA) is 114 Å². The molecular formula is C23H31N7O2S. The number of carbonyl (C=O) groups is 2. The van der Waals surface area contributed by atoms with Crippen molar-refractivity contribution in [3.63, 3.8) is 0 Å². The van der Waals surface area contributed by atoms with Gasteiger partial charge in [0.15, 0.2) is 0 Å². The largest absolute Gasteiger partial charge is 0.351 e. The van der Waals surface area contributed by atoms with Gasteiger partial charge in [-0.2, -0.15) is 5.26 Å². The minimum atomic E-state index is -0.208. The van der Waals surface area contributed by atoms with E-state index in [1.807, 2.05) is 24.4 Å². The van der Waals surface area contributed by atoms with Gasteiger partial charge < -0.3 is 15.1 Å². The SMILES string of the molecule is CN(C)CC(=O)N1CCC(C(=O)Nc2nccc(/C(C#N)=C3\NC(C(C)(C)C)=CS3)n2)CC1. The number of allylic oxidation sites excluding steroid dienone is 2. The van der Waals surface area contributed by atoms with Crippen LogP contribution in [0, 0.1) is 22.7 Å². The Morgan fingerprint density at radius 2 is 2.03 bits per heavy atom. The molecule has 9 nitrogen and oxygen atoms in total. The van der Waals surface area contributed by atoms with Gasteiger partial charge in [-0.1, -0.05) is 32.5 Å². The minimum absolute atomic E-state index is 0.0627. The van der Waals surface area contributed by atoms with Crippen LogP contribution in [0.3, 0.4) is 0 Å². The second-order valence-corrected chi connectivity index (χ2v) is 10.4. The van der Waals surface area contributed by atoms with Gasteiger partial charge in [0, 0.05) is 36.3 Å². The van der Waals surface area contributed by atoms with Crippen LogP contribution in [0.25, 0.3) is 5.57 Å². The monoisotopic (exact) mass is 469 g/mol. The summed E-state index contributed by atoms with van der Waals surface area (Å²) in [6.45, 7) is 7.78. The zero-order valence-corrected chi connectivity index (χ0v) is 20.6. The van der Waals surface area contributed by atoms with Gasteiger partial charge in [-0.3, -0.25) is 14.9 Å². The smallest absolute Gasteiger partial charge is 0.236 e. The van der Waals surface area contributed by atoms with E-state index in [1.165, 1.54) is 18.0 Å². The first-order chi connectivity index (χ1) is 15.6. The number of rotatable bonds is 5. The van der Waals surface area contributed by atoms with Crippen molar-refractivity contribution < 1.29 is 9.59 Å². The highest BCUT2D eigenvalue weighted by atomic mass is 32.2. The lowest BCUT2D eigenvalue weighted by molar-refractivity contribution is -0.135. The molecule has 1 fully saturated rings. The van der Waals surface area contributed by atoms with Crippen molar-refractivity contribution in [2.45, 2.75) is 33.6 Å². The number of hydrogen-bond acceptors (Lipinski definition) is 8. The highest BCUT2D eigenvalue weighted by Gasteiger charge is 2.28. The molecule has 1 aromatic heterocycles. The molecule has 33 heavy (non-hydrogen) atoms. The molecule has 3 heterocycles. The van der Waals surface area contributed by atoms with Crippen LogP contribution in [0.2, 0.25) is 0 Å². The Balaban J connectivity index is 1.64. The number of likely N-dealkylation sites (tertiary alicyclic amines) is 1. The number of amides is 2. The number of nitrogens with zero attached hydrogens (tertiary/aromatic N) is 5. The molecule has 0 bridgehead atoms. The third kappa shape index (κ3) is 6.33. The Kier molecular flexibility index (Phi) is 7.76. The fourth-order valence-corrected chi connectivity index (χ4v) is 4.63. The van der Waals surface area contributed by atoms with Crippen LogP contribution < -0.4 is 10.6 Å². The number of carbonyl (C=O) groups excluding carboxylic acids is 2. The minimum Gasteiger partial charge on any atom is -0.351 e. The van der Waals surface area contributed by atoms with Gasteiger partial charge in [0.2, 0.25) is 17.8 Å². The predicted molar refractivity (Wildman–Crippen MR) is 129 cm³/mol. The molecule has 0 aliphatic carbocycles. The second-order valence-electron chi connectivity index (χ2n) is 9.49. The van der Waals surface area contributed by atoms with E-state index < -0.39 is 0 Å². The maximum absolute atomic E-state index is 12.8. The Labute approximate surface area is 199 Å². The molecule has 10 heteroatoms. The van der Waals surface area contributed by atoms with Crippen molar-refractivity contribution in [1.82, 2.24) is 25.1 Å². The number of thioether (sulfide) groups is 1. The summed E-state index contributed by atoms with van der Waals surface area (Å²) in [5.74, 6) is -0.124. The average molecular weight is 470 g/mol. The number of hydrogen-bond donors (Lipinski definition) is 2. The van der Waals surface area contributed by atoms with Crippen molar-refractivity contribution in [2.24, 2.45) is 11.3 Å². The van der Waals surface area contributed by atoms with Crippen molar-refractivity contribution in [2.75, 3.05) is 39.0 Å². The maximum atomic E-state index is 12.8. The van der Waals surface area contributed by atoms with Gasteiger partial charge in [0.05, 0.1) is 17.3 Å². The summed E-state index contributed by atoms with van der Waals surface area (Å²) in [6.07, 6.45) is 2.73. The molecule has 0 aromatic carbocycles. The van der Waals surface area contributed by atoms with Crippen molar-refractivity contribution >= 4 is 35.1 Å². The first-order valence-electron chi connectivity index (χ1n) is 10.9. The molecule has 0 saturated carbocycles. The Hall–Kier alpha value is -2.90. The summed E-state index contributed by atoms with van der Waals surface area (Å²) < 4.78 is 0. The number of nitrogens with one attached hydrogen (secondary N) is 2. The highest BCUT2D eigenvalue weighted by molar-refractivity contribution is 8.06. The van der Waals surface area contributed by atoms with E-state index in [0.29, 0.717) is 48.8 Å². The predicted octanol–water partition coefficient (Wildman–Crippen LogP) is 2.63. The standard InChI is InChI=1S/C23H31N7O2S/c1-23(2,3)18-14-33-21(27-18)16(12-24)17-6-9-25-22(26-17)28-20(32)15-7-10-30(11-8-15)19(31)13-29(4)5/h6,9,14-15,27H,7-8,10-11,13H2,1-5H3,(H,25,26,28,32)/b21-16+. The van der Waals surface area contributed by atoms with E-state index >= 15 is 0 Å².